The molecule has 2 heterocycles. The number of aromatic amines is 1. The van der Waals surface area contributed by atoms with Crippen LogP contribution in [0.1, 0.15) is 38.1 Å². The summed E-state index contributed by atoms with van der Waals surface area (Å²) in [5.41, 5.74) is 3.12. The van der Waals surface area contributed by atoms with Gasteiger partial charge in [0, 0.05) is 19.3 Å². The molecule has 2 aromatic rings. The highest BCUT2D eigenvalue weighted by Gasteiger charge is 2.26. The topological polar surface area (TPSA) is 79.0 Å². The van der Waals surface area contributed by atoms with Crippen LogP contribution in [0.25, 0.3) is 11.0 Å². The SMILES string of the molecule is Cc1ccc2nc(CNC(=O)[C@H](NC3CCOCC3)C(C)C)[nH]c2c1. The second-order valence-corrected chi connectivity index (χ2v) is 7.20. The summed E-state index contributed by atoms with van der Waals surface area (Å²) in [6, 6.07) is 6.25. The Labute approximate surface area is 148 Å². The van der Waals surface area contributed by atoms with Gasteiger partial charge in [0.1, 0.15) is 5.82 Å². The fraction of sp³-hybridized carbons (Fsp3) is 0.579. The summed E-state index contributed by atoms with van der Waals surface area (Å²) in [5, 5.41) is 6.52. The molecule has 1 aliphatic rings. The third kappa shape index (κ3) is 4.58. The molecule has 1 aromatic heterocycles. The van der Waals surface area contributed by atoms with Crippen LogP contribution in [0.3, 0.4) is 0 Å². The van der Waals surface area contributed by atoms with Crippen molar-refractivity contribution in [2.75, 3.05) is 13.2 Å². The lowest BCUT2D eigenvalue weighted by Crippen LogP contribution is -2.52. The number of carbonyl (C=O) groups is 1. The maximum absolute atomic E-state index is 12.7. The number of hydrogen-bond donors (Lipinski definition) is 3. The molecule has 1 fully saturated rings. The zero-order chi connectivity index (χ0) is 17.8. The molecule has 0 radical (unpaired) electrons. The quantitative estimate of drug-likeness (QED) is 0.751. The Morgan fingerprint density at radius 2 is 2.12 bits per heavy atom. The number of carbonyl (C=O) groups excluding carboxylic acids is 1. The minimum atomic E-state index is -0.199. The van der Waals surface area contributed by atoms with Gasteiger partial charge in [-0.3, -0.25) is 4.79 Å². The molecule has 1 atom stereocenters. The van der Waals surface area contributed by atoms with Gasteiger partial charge in [-0.15, -0.1) is 0 Å². The van der Waals surface area contributed by atoms with Crippen LogP contribution >= 0.6 is 0 Å². The monoisotopic (exact) mass is 344 g/mol. The van der Waals surface area contributed by atoms with Crippen LogP contribution in [-0.4, -0.2) is 41.2 Å². The van der Waals surface area contributed by atoms with Crippen molar-refractivity contribution in [3.05, 3.63) is 29.6 Å². The molecule has 3 N–H and O–H groups in total. The molecule has 3 rings (SSSR count). The van der Waals surface area contributed by atoms with E-state index in [4.69, 9.17) is 4.74 Å². The third-order valence-electron chi connectivity index (χ3n) is 4.70. The van der Waals surface area contributed by atoms with Crippen LogP contribution in [0.15, 0.2) is 18.2 Å². The number of rotatable bonds is 6. The Hall–Kier alpha value is -1.92. The lowest BCUT2D eigenvalue weighted by Gasteiger charge is -2.29. The zero-order valence-corrected chi connectivity index (χ0v) is 15.3. The van der Waals surface area contributed by atoms with Crippen molar-refractivity contribution >= 4 is 16.9 Å². The molecule has 0 bridgehead atoms. The number of aryl methyl sites for hydroxylation is 1. The Morgan fingerprint density at radius 3 is 2.84 bits per heavy atom. The summed E-state index contributed by atoms with van der Waals surface area (Å²) >= 11 is 0. The average molecular weight is 344 g/mol. The van der Waals surface area contributed by atoms with Gasteiger partial charge in [0.15, 0.2) is 0 Å². The van der Waals surface area contributed by atoms with Crippen molar-refractivity contribution in [2.45, 2.75) is 52.2 Å². The number of nitrogens with one attached hydrogen (secondary N) is 3. The minimum Gasteiger partial charge on any atom is -0.381 e. The van der Waals surface area contributed by atoms with Gasteiger partial charge in [-0.2, -0.15) is 0 Å². The number of aromatic nitrogens is 2. The van der Waals surface area contributed by atoms with E-state index in [0.717, 1.165) is 42.9 Å². The second kappa shape index (κ2) is 7.97. The summed E-state index contributed by atoms with van der Waals surface area (Å²) in [4.78, 5) is 20.5. The van der Waals surface area contributed by atoms with E-state index in [-0.39, 0.29) is 17.9 Å². The summed E-state index contributed by atoms with van der Waals surface area (Å²) in [6.45, 7) is 8.13. The lowest BCUT2D eigenvalue weighted by molar-refractivity contribution is -0.124. The van der Waals surface area contributed by atoms with Gasteiger partial charge in [-0.1, -0.05) is 19.9 Å². The Balaban J connectivity index is 1.59. The molecule has 1 saturated heterocycles. The molecule has 0 aliphatic carbocycles. The lowest BCUT2D eigenvalue weighted by atomic mass is 10.00. The first-order valence-electron chi connectivity index (χ1n) is 9.09. The van der Waals surface area contributed by atoms with Crippen LogP contribution in [0.4, 0.5) is 0 Å². The van der Waals surface area contributed by atoms with Gasteiger partial charge < -0.3 is 20.4 Å². The first kappa shape index (κ1) is 17.9. The first-order valence-corrected chi connectivity index (χ1v) is 9.09. The smallest absolute Gasteiger partial charge is 0.237 e. The van der Waals surface area contributed by atoms with Crippen molar-refractivity contribution < 1.29 is 9.53 Å². The van der Waals surface area contributed by atoms with E-state index in [1.54, 1.807) is 0 Å². The van der Waals surface area contributed by atoms with E-state index in [0.29, 0.717) is 12.6 Å². The van der Waals surface area contributed by atoms with Crippen molar-refractivity contribution in [3.8, 4) is 0 Å². The third-order valence-corrected chi connectivity index (χ3v) is 4.70. The maximum Gasteiger partial charge on any atom is 0.237 e. The predicted octanol–water partition coefficient (Wildman–Crippen LogP) is 2.28. The van der Waals surface area contributed by atoms with Gasteiger partial charge in [0.25, 0.3) is 0 Å². The number of ether oxygens (including phenoxy) is 1. The van der Waals surface area contributed by atoms with Crippen LogP contribution in [-0.2, 0) is 16.1 Å². The van der Waals surface area contributed by atoms with Crippen LogP contribution in [0, 0.1) is 12.8 Å². The number of imidazole rings is 1. The molecule has 1 amide bonds. The predicted molar refractivity (Wildman–Crippen MR) is 98.3 cm³/mol. The molecule has 0 saturated carbocycles. The Morgan fingerprint density at radius 1 is 1.36 bits per heavy atom. The van der Waals surface area contributed by atoms with E-state index >= 15 is 0 Å². The molecular formula is C19H28N4O2. The van der Waals surface area contributed by atoms with Crippen molar-refractivity contribution in [1.29, 1.82) is 0 Å². The van der Waals surface area contributed by atoms with E-state index in [2.05, 4.69) is 47.4 Å². The molecule has 25 heavy (non-hydrogen) atoms. The number of nitrogens with zero attached hydrogens (tertiary/aromatic N) is 1. The van der Waals surface area contributed by atoms with E-state index in [1.165, 1.54) is 5.56 Å². The second-order valence-electron chi connectivity index (χ2n) is 7.20. The Kier molecular flexibility index (Phi) is 5.71. The summed E-state index contributed by atoms with van der Waals surface area (Å²) in [5.74, 6) is 1.03. The van der Waals surface area contributed by atoms with Gasteiger partial charge in [-0.05, 0) is 43.4 Å². The largest absolute Gasteiger partial charge is 0.381 e. The van der Waals surface area contributed by atoms with Gasteiger partial charge in [0.2, 0.25) is 5.91 Å². The van der Waals surface area contributed by atoms with Gasteiger partial charge in [0.05, 0.1) is 23.6 Å². The van der Waals surface area contributed by atoms with Gasteiger partial charge >= 0.3 is 0 Å². The van der Waals surface area contributed by atoms with Crippen LogP contribution in [0.5, 0.6) is 0 Å². The fourth-order valence-corrected chi connectivity index (χ4v) is 3.23. The number of benzene rings is 1. The maximum atomic E-state index is 12.7. The first-order chi connectivity index (χ1) is 12.0. The highest BCUT2D eigenvalue weighted by atomic mass is 16.5. The summed E-state index contributed by atoms with van der Waals surface area (Å²) in [7, 11) is 0. The van der Waals surface area contributed by atoms with Crippen molar-refractivity contribution in [2.24, 2.45) is 5.92 Å². The standard InChI is InChI=1S/C19H28N4O2/c1-12(2)18(21-14-6-8-25-9-7-14)19(24)20-11-17-22-15-5-4-13(3)10-16(15)23-17/h4-5,10,12,14,18,21H,6-9,11H2,1-3H3,(H,20,24)(H,22,23)/t18-/m1/s1. The van der Waals surface area contributed by atoms with Crippen molar-refractivity contribution in [3.63, 3.8) is 0 Å². The fourth-order valence-electron chi connectivity index (χ4n) is 3.23. The van der Waals surface area contributed by atoms with Crippen LogP contribution < -0.4 is 10.6 Å². The van der Waals surface area contributed by atoms with E-state index in [1.807, 2.05) is 12.1 Å². The minimum absolute atomic E-state index is 0.0260. The summed E-state index contributed by atoms with van der Waals surface area (Å²) in [6.07, 6.45) is 1.92. The Bertz CT molecular complexity index is 719. The molecule has 136 valence electrons. The highest BCUT2D eigenvalue weighted by Crippen LogP contribution is 2.14. The van der Waals surface area contributed by atoms with Crippen molar-refractivity contribution in [1.82, 2.24) is 20.6 Å². The van der Waals surface area contributed by atoms with Crippen LogP contribution in [0.2, 0.25) is 0 Å². The zero-order valence-electron chi connectivity index (χ0n) is 15.3. The van der Waals surface area contributed by atoms with E-state index < -0.39 is 0 Å². The molecule has 0 unspecified atom stereocenters. The summed E-state index contributed by atoms with van der Waals surface area (Å²) < 4.78 is 5.39. The molecule has 0 spiro atoms. The van der Waals surface area contributed by atoms with E-state index in [9.17, 15) is 4.79 Å². The molecule has 1 aliphatic heterocycles. The number of fused-ring (bicyclic) bond motifs is 1. The average Bonchev–Trinajstić information content (AvgIpc) is 3.00. The molecular weight excluding hydrogens is 316 g/mol. The van der Waals surface area contributed by atoms with Gasteiger partial charge in [-0.25, -0.2) is 4.98 Å². The number of amides is 1. The molecule has 1 aromatic carbocycles. The molecule has 6 heteroatoms. The number of hydrogen-bond acceptors (Lipinski definition) is 4. The molecule has 6 nitrogen and oxygen atoms in total. The number of H-pyrrole nitrogens is 1. The highest BCUT2D eigenvalue weighted by molar-refractivity contribution is 5.82. The normalized spacial score (nSPS) is 17.1.